The highest BCUT2D eigenvalue weighted by molar-refractivity contribution is 7.92. The van der Waals surface area contributed by atoms with Crippen molar-refractivity contribution in [3.63, 3.8) is 0 Å². The fraction of sp³-hybridized carbons (Fsp3) is 0.207. The zero-order valence-corrected chi connectivity index (χ0v) is 20.9. The van der Waals surface area contributed by atoms with Crippen molar-refractivity contribution in [1.82, 2.24) is 0 Å². The van der Waals surface area contributed by atoms with Crippen molar-refractivity contribution >= 4 is 38.1 Å². The average molecular weight is 485 g/mol. The van der Waals surface area contributed by atoms with Gasteiger partial charge >= 0.3 is 0 Å². The van der Waals surface area contributed by atoms with Gasteiger partial charge in [-0.25, -0.2) is 8.42 Å². The second-order valence-corrected chi connectivity index (χ2v) is 11.2. The number of carbonyl (C=O) groups is 1. The molecule has 0 saturated carbocycles. The number of nitrogens with zero attached hydrogens (tertiary/aromatic N) is 1. The van der Waals surface area contributed by atoms with E-state index in [1.165, 1.54) is 27.1 Å². The third-order valence-electron chi connectivity index (χ3n) is 6.91. The number of nitrogens with one attached hydrogen (secondary N) is 1. The monoisotopic (exact) mass is 484 g/mol. The molecule has 178 valence electrons. The lowest BCUT2D eigenvalue weighted by molar-refractivity contribution is 0.102. The minimum absolute atomic E-state index is 0.190. The van der Waals surface area contributed by atoms with Gasteiger partial charge in [-0.1, -0.05) is 48.5 Å². The SMILES string of the molecule is Cc1cccc(N(Cc2ccc(C(=O)Nc3ccc4c5c(cccc35)CC4)cc2)S(C)(=O)=O)c1C. The number of anilines is 2. The molecule has 4 aromatic rings. The van der Waals surface area contributed by atoms with Crippen LogP contribution in [-0.4, -0.2) is 20.6 Å². The first kappa shape index (κ1) is 23.1. The van der Waals surface area contributed by atoms with Gasteiger partial charge in [0, 0.05) is 16.6 Å². The molecule has 0 bridgehead atoms. The number of carbonyl (C=O) groups excluding carboxylic acids is 1. The van der Waals surface area contributed by atoms with E-state index in [0.717, 1.165) is 40.6 Å². The van der Waals surface area contributed by atoms with Crippen LogP contribution in [-0.2, 0) is 29.4 Å². The number of hydrogen-bond donors (Lipinski definition) is 1. The summed E-state index contributed by atoms with van der Waals surface area (Å²) in [4.78, 5) is 13.0. The molecular formula is C29H28N2O3S. The van der Waals surface area contributed by atoms with Crippen molar-refractivity contribution in [3.05, 3.63) is 106 Å². The number of aryl methyl sites for hydroxylation is 3. The van der Waals surface area contributed by atoms with Crippen molar-refractivity contribution in [1.29, 1.82) is 0 Å². The normalized spacial score (nSPS) is 12.7. The lowest BCUT2D eigenvalue weighted by Crippen LogP contribution is -2.30. The molecule has 0 fully saturated rings. The predicted octanol–water partition coefficient (Wildman–Crippen LogP) is 5.77. The second-order valence-electron chi connectivity index (χ2n) is 9.25. The van der Waals surface area contributed by atoms with Crippen molar-refractivity contribution in [2.24, 2.45) is 0 Å². The smallest absolute Gasteiger partial charge is 0.255 e. The van der Waals surface area contributed by atoms with Crippen LogP contribution in [0.4, 0.5) is 11.4 Å². The molecule has 0 aromatic heterocycles. The van der Waals surface area contributed by atoms with E-state index < -0.39 is 10.0 Å². The number of sulfonamides is 1. The van der Waals surface area contributed by atoms with Crippen LogP contribution >= 0.6 is 0 Å². The van der Waals surface area contributed by atoms with E-state index in [-0.39, 0.29) is 12.5 Å². The average Bonchev–Trinajstić information content (AvgIpc) is 3.25. The first-order chi connectivity index (χ1) is 16.7. The third kappa shape index (κ3) is 4.42. The van der Waals surface area contributed by atoms with Crippen molar-refractivity contribution < 1.29 is 13.2 Å². The lowest BCUT2D eigenvalue weighted by Gasteiger charge is -2.25. The third-order valence-corrected chi connectivity index (χ3v) is 8.04. The van der Waals surface area contributed by atoms with Crippen LogP contribution < -0.4 is 9.62 Å². The second kappa shape index (κ2) is 8.86. The minimum Gasteiger partial charge on any atom is -0.321 e. The Bertz CT molecular complexity index is 1550. The first-order valence-electron chi connectivity index (χ1n) is 11.7. The molecule has 0 aliphatic heterocycles. The van der Waals surface area contributed by atoms with Gasteiger partial charge in [0.1, 0.15) is 0 Å². The van der Waals surface area contributed by atoms with Crippen LogP contribution in [0.3, 0.4) is 0 Å². The molecule has 1 amide bonds. The van der Waals surface area contributed by atoms with E-state index in [0.29, 0.717) is 11.3 Å². The van der Waals surface area contributed by atoms with Crippen molar-refractivity contribution in [2.75, 3.05) is 15.9 Å². The van der Waals surface area contributed by atoms with Crippen molar-refractivity contribution in [3.8, 4) is 0 Å². The summed E-state index contributed by atoms with van der Waals surface area (Å²) in [6, 6.07) is 23.1. The fourth-order valence-corrected chi connectivity index (χ4v) is 5.80. The number of benzene rings is 4. The maximum atomic E-state index is 13.0. The molecule has 1 aliphatic carbocycles. The first-order valence-corrected chi connectivity index (χ1v) is 13.5. The molecule has 5 rings (SSSR count). The Hall–Kier alpha value is -3.64. The summed E-state index contributed by atoms with van der Waals surface area (Å²) in [5, 5.41) is 5.39. The number of amides is 1. The summed E-state index contributed by atoms with van der Waals surface area (Å²) < 4.78 is 26.6. The standard InChI is InChI=1S/C29H28N2O3S/c1-19-6-4-9-27(20(19)2)31(35(3,33)34)18-21-10-12-24(13-11-21)29(32)30-26-17-16-23-15-14-22-7-5-8-25(26)28(22)23/h4-13,16-17H,14-15,18H2,1-3H3,(H,30,32). The Morgan fingerprint density at radius 3 is 2.29 bits per heavy atom. The van der Waals surface area contributed by atoms with E-state index >= 15 is 0 Å². The van der Waals surface area contributed by atoms with Gasteiger partial charge in [-0.15, -0.1) is 0 Å². The molecule has 1 aliphatic rings. The lowest BCUT2D eigenvalue weighted by atomic mass is 10.0. The number of rotatable bonds is 6. The molecular weight excluding hydrogens is 456 g/mol. The van der Waals surface area contributed by atoms with Gasteiger partial charge in [0.25, 0.3) is 5.91 Å². The highest BCUT2D eigenvalue weighted by Crippen LogP contribution is 2.35. The van der Waals surface area contributed by atoms with Gasteiger partial charge < -0.3 is 5.32 Å². The molecule has 0 spiro atoms. The highest BCUT2D eigenvalue weighted by atomic mass is 32.2. The molecule has 0 heterocycles. The Kier molecular flexibility index (Phi) is 5.85. The van der Waals surface area contributed by atoms with E-state index in [1.807, 2.05) is 56.3 Å². The Balaban J connectivity index is 1.38. The molecule has 0 atom stereocenters. The molecule has 6 heteroatoms. The summed E-state index contributed by atoms with van der Waals surface area (Å²) in [5.41, 5.74) is 7.42. The van der Waals surface area contributed by atoms with E-state index in [2.05, 4.69) is 23.5 Å². The van der Waals surface area contributed by atoms with E-state index in [4.69, 9.17) is 0 Å². The van der Waals surface area contributed by atoms with Crippen LogP contribution in [0, 0.1) is 13.8 Å². The highest BCUT2D eigenvalue weighted by Gasteiger charge is 2.21. The zero-order valence-electron chi connectivity index (χ0n) is 20.1. The van der Waals surface area contributed by atoms with Gasteiger partial charge in [-0.3, -0.25) is 9.10 Å². The molecule has 0 saturated heterocycles. The minimum atomic E-state index is -3.49. The molecule has 35 heavy (non-hydrogen) atoms. The number of hydrogen-bond acceptors (Lipinski definition) is 3. The predicted molar refractivity (Wildman–Crippen MR) is 143 cm³/mol. The van der Waals surface area contributed by atoms with Crippen LogP contribution in [0.2, 0.25) is 0 Å². The van der Waals surface area contributed by atoms with Gasteiger partial charge in [-0.05, 0) is 84.2 Å². The summed E-state index contributed by atoms with van der Waals surface area (Å²) >= 11 is 0. The van der Waals surface area contributed by atoms with Crippen LogP contribution in [0.25, 0.3) is 10.8 Å². The summed E-state index contributed by atoms with van der Waals surface area (Å²) in [6.07, 6.45) is 3.30. The summed E-state index contributed by atoms with van der Waals surface area (Å²) in [5.74, 6) is -0.190. The van der Waals surface area contributed by atoms with Gasteiger partial charge in [0.15, 0.2) is 0 Å². The molecule has 1 N–H and O–H groups in total. The quantitative estimate of drug-likeness (QED) is 0.378. The van der Waals surface area contributed by atoms with E-state index in [9.17, 15) is 13.2 Å². The molecule has 4 aromatic carbocycles. The summed E-state index contributed by atoms with van der Waals surface area (Å²) in [6.45, 7) is 4.09. The van der Waals surface area contributed by atoms with Gasteiger partial charge in [0.05, 0.1) is 18.5 Å². The Labute approximate surface area is 206 Å². The van der Waals surface area contributed by atoms with Gasteiger partial charge in [0.2, 0.25) is 10.0 Å². The maximum absolute atomic E-state index is 13.0. The van der Waals surface area contributed by atoms with Crippen LogP contribution in [0.15, 0.2) is 72.8 Å². The topological polar surface area (TPSA) is 66.5 Å². The summed E-state index contributed by atoms with van der Waals surface area (Å²) in [7, 11) is -3.49. The maximum Gasteiger partial charge on any atom is 0.255 e. The molecule has 5 nitrogen and oxygen atoms in total. The molecule has 0 radical (unpaired) electrons. The Morgan fingerprint density at radius 2 is 1.57 bits per heavy atom. The van der Waals surface area contributed by atoms with Crippen LogP contribution in [0.1, 0.15) is 38.2 Å². The van der Waals surface area contributed by atoms with Crippen LogP contribution in [0.5, 0.6) is 0 Å². The molecule has 0 unspecified atom stereocenters. The fourth-order valence-electron chi connectivity index (χ4n) is 4.86. The Morgan fingerprint density at radius 1 is 0.886 bits per heavy atom. The zero-order chi connectivity index (χ0) is 24.7. The van der Waals surface area contributed by atoms with Crippen molar-refractivity contribution in [2.45, 2.75) is 33.2 Å². The van der Waals surface area contributed by atoms with Gasteiger partial charge in [-0.2, -0.15) is 0 Å². The van der Waals surface area contributed by atoms with E-state index in [1.54, 1.807) is 12.1 Å². The largest absolute Gasteiger partial charge is 0.321 e.